The molecule has 2 N–H and O–H groups in total. The van der Waals surface area contributed by atoms with Gasteiger partial charge in [0, 0.05) is 50.1 Å². The summed E-state index contributed by atoms with van der Waals surface area (Å²) in [5, 5.41) is 0. The molecule has 29 heavy (non-hydrogen) atoms. The van der Waals surface area contributed by atoms with Crippen molar-refractivity contribution >= 4 is 5.84 Å². The lowest BCUT2D eigenvalue weighted by molar-refractivity contribution is 0.230. The number of halogens is 1. The topological polar surface area (TPSA) is 54.5 Å². The second kappa shape index (κ2) is 9.14. The van der Waals surface area contributed by atoms with Crippen molar-refractivity contribution in [2.45, 2.75) is 39.8 Å². The van der Waals surface area contributed by atoms with E-state index in [1.165, 1.54) is 11.6 Å². The first-order chi connectivity index (χ1) is 13.9. The Kier molecular flexibility index (Phi) is 6.60. The van der Waals surface area contributed by atoms with Gasteiger partial charge in [-0.05, 0) is 67.3 Å². The number of allylic oxidation sites excluding steroid dienone is 1. The molecule has 1 unspecified atom stereocenters. The zero-order valence-electron chi connectivity index (χ0n) is 17.6. The summed E-state index contributed by atoms with van der Waals surface area (Å²) < 4.78 is 13.5. The van der Waals surface area contributed by atoms with Gasteiger partial charge in [-0.3, -0.25) is 14.9 Å². The Labute approximate surface area is 172 Å². The van der Waals surface area contributed by atoms with E-state index in [1.54, 1.807) is 13.1 Å². The maximum Gasteiger partial charge on any atom is 0.123 e. The Morgan fingerprint density at radius 1 is 1.34 bits per heavy atom. The minimum atomic E-state index is -0.213. The van der Waals surface area contributed by atoms with Gasteiger partial charge >= 0.3 is 0 Å². The molecule has 0 amide bonds. The van der Waals surface area contributed by atoms with Crippen LogP contribution in [-0.4, -0.2) is 35.4 Å². The average Bonchev–Trinajstić information content (AvgIpc) is 2.71. The quantitative estimate of drug-likeness (QED) is 0.465. The van der Waals surface area contributed by atoms with Crippen LogP contribution in [0.1, 0.15) is 30.7 Å². The third-order valence-electron chi connectivity index (χ3n) is 5.44. The number of nitrogens with two attached hydrogens (primary N) is 1. The molecular weight excluding hydrogens is 363 g/mol. The number of hydrogen-bond donors (Lipinski definition) is 1. The zero-order valence-corrected chi connectivity index (χ0v) is 17.6. The molecule has 5 heteroatoms. The van der Waals surface area contributed by atoms with Crippen LogP contribution in [0.25, 0.3) is 11.1 Å². The first kappa shape index (κ1) is 20.9. The van der Waals surface area contributed by atoms with E-state index < -0.39 is 0 Å². The number of aryl methyl sites for hydroxylation is 1. The van der Waals surface area contributed by atoms with E-state index in [4.69, 9.17) is 10.7 Å². The number of aliphatic imine (C=N–C) groups is 1. The molecule has 152 valence electrons. The van der Waals surface area contributed by atoms with Crippen LogP contribution >= 0.6 is 0 Å². The van der Waals surface area contributed by atoms with Gasteiger partial charge in [0.15, 0.2) is 0 Å². The summed E-state index contributed by atoms with van der Waals surface area (Å²) in [5.74, 6) is 0.319. The molecule has 2 aromatic rings. The van der Waals surface area contributed by atoms with Crippen LogP contribution in [-0.2, 0) is 13.0 Å². The molecular formula is C24H29FN4. The van der Waals surface area contributed by atoms with Gasteiger partial charge in [0.25, 0.3) is 0 Å². The third-order valence-corrected chi connectivity index (χ3v) is 5.44. The summed E-state index contributed by atoms with van der Waals surface area (Å²) in [5.41, 5.74) is 12.4. The highest BCUT2D eigenvalue weighted by molar-refractivity contribution is 5.92. The summed E-state index contributed by atoms with van der Waals surface area (Å²) in [4.78, 5) is 11.2. The molecule has 4 nitrogen and oxygen atoms in total. The summed E-state index contributed by atoms with van der Waals surface area (Å²) in [6.07, 6.45) is 9.02. The van der Waals surface area contributed by atoms with Crippen molar-refractivity contribution in [3.05, 3.63) is 76.9 Å². The van der Waals surface area contributed by atoms with Gasteiger partial charge in [-0.1, -0.05) is 18.2 Å². The molecule has 2 heterocycles. The van der Waals surface area contributed by atoms with Crippen LogP contribution in [0, 0.1) is 12.7 Å². The minimum Gasteiger partial charge on any atom is -0.384 e. The van der Waals surface area contributed by atoms with Gasteiger partial charge in [0.2, 0.25) is 0 Å². The monoisotopic (exact) mass is 392 g/mol. The van der Waals surface area contributed by atoms with Crippen LogP contribution in [0.3, 0.4) is 0 Å². The fourth-order valence-corrected chi connectivity index (χ4v) is 3.91. The molecule has 1 aliphatic rings. The SMILES string of the molecule is C/C=C\C(/C(C)=C\C(N)=NC)N1CCc2ncc(-c3ccc(F)cc3C)cc2C1. The molecule has 0 bridgehead atoms. The lowest BCUT2D eigenvalue weighted by Gasteiger charge is -2.34. The number of nitrogens with zero attached hydrogens (tertiary/aromatic N) is 3. The molecule has 3 rings (SSSR count). The molecule has 0 saturated carbocycles. The molecule has 0 aliphatic carbocycles. The molecule has 0 spiro atoms. The first-order valence-electron chi connectivity index (χ1n) is 9.94. The van der Waals surface area contributed by atoms with Crippen LogP contribution in [0.5, 0.6) is 0 Å². The Morgan fingerprint density at radius 2 is 2.14 bits per heavy atom. The van der Waals surface area contributed by atoms with E-state index in [0.717, 1.165) is 47.5 Å². The molecule has 1 aliphatic heterocycles. The largest absolute Gasteiger partial charge is 0.384 e. The van der Waals surface area contributed by atoms with Crippen molar-refractivity contribution in [2.24, 2.45) is 10.7 Å². The van der Waals surface area contributed by atoms with E-state index in [2.05, 4.69) is 35.0 Å². The summed E-state index contributed by atoms with van der Waals surface area (Å²) in [6.45, 7) is 7.79. The predicted molar refractivity (Wildman–Crippen MR) is 118 cm³/mol. The van der Waals surface area contributed by atoms with Gasteiger partial charge < -0.3 is 5.73 Å². The van der Waals surface area contributed by atoms with Crippen molar-refractivity contribution in [1.82, 2.24) is 9.88 Å². The number of amidine groups is 1. The van der Waals surface area contributed by atoms with E-state index >= 15 is 0 Å². The highest BCUT2D eigenvalue weighted by Crippen LogP contribution is 2.29. The smallest absolute Gasteiger partial charge is 0.123 e. The van der Waals surface area contributed by atoms with Crippen molar-refractivity contribution in [3.8, 4) is 11.1 Å². The van der Waals surface area contributed by atoms with Crippen molar-refractivity contribution in [1.29, 1.82) is 0 Å². The van der Waals surface area contributed by atoms with Gasteiger partial charge in [-0.15, -0.1) is 0 Å². The molecule has 0 radical (unpaired) electrons. The second-order valence-corrected chi connectivity index (χ2v) is 7.52. The number of hydrogen-bond acceptors (Lipinski definition) is 3. The van der Waals surface area contributed by atoms with Crippen LogP contribution in [0.15, 0.2) is 59.3 Å². The number of pyridine rings is 1. The second-order valence-electron chi connectivity index (χ2n) is 7.52. The summed E-state index contributed by atoms with van der Waals surface area (Å²) in [7, 11) is 1.70. The molecule has 1 aromatic heterocycles. The third kappa shape index (κ3) is 4.80. The zero-order chi connectivity index (χ0) is 21.0. The van der Waals surface area contributed by atoms with Crippen molar-refractivity contribution in [3.63, 3.8) is 0 Å². The Bertz CT molecular complexity index is 975. The Balaban J connectivity index is 1.91. The van der Waals surface area contributed by atoms with Gasteiger partial charge in [-0.2, -0.15) is 0 Å². The van der Waals surface area contributed by atoms with E-state index in [0.29, 0.717) is 5.84 Å². The number of rotatable bonds is 5. The fraction of sp³-hybridized carbons (Fsp3) is 0.333. The van der Waals surface area contributed by atoms with Crippen molar-refractivity contribution < 1.29 is 4.39 Å². The fourth-order valence-electron chi connectivity index (χ4n) is 3.91. The maximum absolute atomic E-state index is 13.5. The van der Waals surface area contributed by atoms with Crippen LogP contribution in [0.2, 0.25) is 0 Å². The number of benzene rings is 1. The normalized spacial score (nSPS) is 16.9. The van der Waals surface area contributed by atoms with Crippen molar-refractivity contribution in [2.75, 3.05) is 13.6 Å². The molecule has 1 aromatic carbocycles. The highest BCUT2D eigenvalue weighted by atomic mass is 19.1. The Hall–Kier alpha value is -2.79. The number of aromatic nitrogens is 1. The highest BCUT2D eigenvalue weighted by Gasteiger charge is 2.24. The molecule has 1 atom stereocenters. The van der Waals surface area contributed by atoms with E-state index in [-0.39, 0.29) is 11.9 Å². The molecule has 0 fully saturated rings. The maximum atomic E-state index is 13.5. The van der Waals surface area contributed by atoms with Crippen LogP contribution < -0.4 is 5.73 Å². The summed E-state index contributed by atoms with van der Waals surface area (Å²) in [6, 6.07) is 7.25. The van der Waals surface area contributed by atoms with Gasteiger partial charge in [0.05, 0.1) is 0 Å². The summed E-state index contributed by atoms with van der Waals surface area (Å²) >= 11 is 0. The molecule has 0 saturated heterocycles. The first-order valence-corrected chi connectivity index (χ1v) is 9.94. The Morgan fingerprint density at radius 3 is 2.83 bits per heavy atom. The minimum absolute atomic E-state index is 0.157. The van der Waals surface area contributed by atoms with Gasteiger partial charge in [-0.25, -0.2) is 4.39 Å². The van der Waals surface area contributed by atoms with Gasteiger partial charge in [0.1, 0.15) is 11.7 Å². The van der Waals surface area contributed by atoms with E-state index in [1.807, 2.05) is 32.2 Å². The average molecular weight is 393 g/mol. The lowest BCUT2D eigenvalue weighted by atomic mass is 9.96. The lowest BCUT2D eigenvalue weighted by Crippen LogP contribution is -2.39. The predicted octanol–water partition coefficient (Wildman–Crippen LogP) is 4.43. The number of fused-ring (bicyclic) bond motifs is 1. The van der Waals surface area contributed by atoms with Crippen LogP contribution in [0.4, 0.5) is 4.39 Å². The van der Waals surface area contributed by atoms with E-state index in [9.17, 15) is 4.39 Å². The standard InChI is InChI=1S/C24H29FN4/c1-5-6-23(17(3)12-24(26)27-4)29-10-9-22-19(15-29)13-18(14-28-22)21-8-7-20(25)11-16(21)2/h5-8,11-14,23H,9-10,15H2,1-4H3,(H2,26,27)/b6-5-,17-12-.